The Labute approximate surface area is 117 Å². The molecule has 20 heavy (non-hydrogen) atoms. The van der Waals surface area contributed by atoms with Crippen LogP contribution in [-0.4, -0.2) is 0 Å². The molecule has 2 aromatic carbocycles. The minimum absolute atomic E-state index is 0.772. The van der Waals surface area contributed by atoms with E-state index in [2.05, 4.69) is 0 Å². The SMILES string of the molecule is CC1=C(C)OC2(O1)c1ccccc1Oc1ccccc12. The van der Waals surface area contributed by atoms with E-state index in [4.69, 9.17) is 14.2 Å². The fourth-order valence-corrected chi connectivity index (χ4v) is 2.73. The van der Waals surface area contributed by atoms with Gasteiger partial charge >= 0.3 is 5.79 Å². The summed E-state index contributed by atoms with van der Waals surface area (Å²) in [4.78, 5) is 0. The molecular formula is C17H14O3. The third-order valence-electron chi connectivity index (χ3n) is 3.79. The van der Waals surface area contributed by atoms with Crippen LogP contribution in [0.2, 0.25) is 0 Å². The number of fused-ring (bicyclic) bond motifs is 4. The summed E-state index contributed by atoms with van der Waals surface area (Å²) in [6.07, 6.45) is 0. The quantitative estimate of drug-likeness (QED) is 0.711. The Balaban J connectivity index is 1.99. The highest BCUT2D eigenvalue weighted by Crippen LogP contribution is 2.53. The minimum atomic E-state index is -0.917. The van der Waals surface area contributed by atoms with Crippen LogP contribution in [0.4, 0.5) is 0 Å². The molecule has 0 N–H and O–H groups in total. The molecule has 0 unspecified atom stereocenters. The zero-order valence-electron chi connectivity index (χ0n) is 11.3. The van der Waals surface area contributed by atoms with E-state index in [1.807, 2.05) is 62.4 Å². The van der Waals surface area contributed by atoms with Crippen LogP contribution >= 0.6 is 0 Å². The molecule has 0 bridgehead atoms. The van der Waals surface area contributed by atoms with Gasteiger partial charge in [0.2, 0.25) is 0 Å². The van der Waals surface area contributed by atoms with E-state index in [0.29, 0.717) is 0 Å². The molecule has 0 amide bonds. The fourth-order valence-electron chi connectivity index (χ4n) is 2.73. The first-order valence-corrected chi connectivity index (χ1v) is 6.63. The van der Waals surface area contributed by atoms with Crippen molar-refractivity contribution < 1.29 is 14.2 Å². The Bertz CT molecular complexity index is 669. The Morgan fingerprint density at radius 2 is 1.15 bits per heavy atom. The van der Waals surface area contributed by atoms with Crippen LogP contribution in [0, 0.1) is 0 Å². The lowest BCUT2D eigenvalue weighted by atomic mass is 9.93. The number of hydrogen-bond donors (Lipinski definition) is 0. The molecule has 100 valence electrons. The van der Waals surface area contributed by atoms with Gasteiger partial charge in [0.1, 0.15) is 23.0 Å². The molecule has 0 aromatic heterocycles. The highest BCUT2D eigenvalue weighted by atomic mass is 16.7. The molecule has 2 aliphatic heterocycles. The topological polar surface area (TPSA) is 27.7 Å². The van der Waals surface area contributed by atoms with E-state index in [-0.39, 0.29) is 0 Å². The molecule has 1 spiro atoms. The summed E-state index contributed by atoms with van der Waals surface area (Å²) in [5.41, 5.74) is 1.80. The third-order valence-corrected chi connectivity index (χ3v) is 3.79. The average Bonchev–Trinajstić information content (AvgIpc) is 2.76. The minimum Gasteiger partial charge on any atom is -0.456 e. The standard InChI is InChI=1S/C17H14O3/c1-11-12(2)20-17(19-11)13-7-3-5-9-15(13)18-16-10-6-4-8-14(16)17/h3-10H,1-2H3. The van der Waals surface area contributed by atoms with E-state index in [1.54, 1.807) is 0 Å². The summed E-state index contributed by atoms with van der Waals surface area (Å²) in [5, 5.41) is 0. The molecule has 0 fully saturated rings. The highest BCUT2D eigenvalue weighted by molar-refractivity contribution is 5.55. The Kier molecular flexibility index (Phi) is 2.16. The van der Waals surface area contributed by atoms with Gasteiger partial charge in [-0.3, -0.25) is 0 Å². The molecule has 0 radical (unpaired) electrons. The molecule has 2 aliphatic rings. The summed E-state index contributed by atoms with van der Waals surface area (Å²) in [7, 11) is 0. The molecule has 3 heteroatoms. The number of rotatable bonds is 0. The van der Waals surface area contributed by atoms with Crippen molar-refractivity contribution in [1.82, 2.24) is 0 Å². The van der Waals surface area contributed by atoms with Gasteiger partial charge in [0.05, 0.1) is 11.1 Å². The number of ether oxygens (including phenoxy) is 3. The highest BCUT2D eigenvalue weighted by Gasteiger charge is 2.50. The van der Waals surface area contributed by atoms with Gasteiger partial charge in [0.25, 0.3) is 0 Å². The maximum Gasteiger partial charge on any atom is 0.312 e. The van der Waals surface area contributed by atoms with Crippen LogP contribution in [0.5, 0.6) is 11.5 Å². The van der Waals surface area contributed by atoms with Crippen LogP contribution in [-0.2, 0) is 15.3 Å². The molecule has 3 nitrogen and oxygen atoms in total. The lowest BCUT2D eigenvalue weighted by molar-refractivity contribution is -0.131. The normalized spacial score (nSPS) is 17.9. The van der Waals surface area contributed by atoms with Crippen LogP contribution in [0.15, 0.2) is 60.0 Å². The molecule has 0 saturated carbocycles. The number of para-hydroxylation sites is 2. The summed E-state index contributed by atoms with van der Waals surface area (Å²) >= 11 is 0. The fraction of sp³-hybridized carbons (Fsp3) is 0.176. The molecule has 4 rings (SSSR count). The van der Waals surface area contributed by atoms with Gasteiger partial charge < -0.3 is 14.2 Å². The number of hydrogen-bond acceptors (Lipinski definition) is 3. The summed E-state index contributed by atoms with van der Waals surface area (Å²) in [6, 6.07) is 15.7. The van der Waals surface area contributed by atoms with Crippen molar-refractivity contribution in [3.63, 3.8) is 0 Å². The molecule has 2 heterocycles. The first-order valence-electron chi connectivity index (χ1n) is 6.63. The summed E-state index contributed by atoms with van der Waals surface area (Å²) in [6.45, 7) is 3.84. The Hall–Kier alpha value is -2.42. The summed E-state index contributed by atoms with van der Waals surface area (Å²) in [5.74, 6) is 2.23. The molecule has 2 aromatic rings. The van der Waals surface area contributed by atoms with E-state index >= 15 is 0 Å². The van der Waals surface area contributed by atoms with Gasteiger partial charge in [-0.25, -0.2) is 0 Å². The largest absolute Gasteiger partial charge is 0.456 e. The van der Waals surface area contributed by atoms with Crippen LogP contribution in [0.1, 0.15) is 25.0 Å². The first-order chi connectivity index (χ1) is 9.71. The maximum atomic E-state index is 6.13. The number of benzene rings is 2. The first kappa shape index (κ1) is 11.4. The van der Waals surface area contributed by atoms with E-state index in [9.17, 15) is 0 Å². The third kappa shape index (κ3) is 1.35. The Morgan fingerprint density at radius 3 is 1.65 bits per heavy atom. The van der Waals surface area contributed by atoms with Crippen molar-refractivity contribution >= 4 is 0 Å². The lowest BCUT2D eigenvalue weighted by Crippen LogP contribution is -2.32. The monoisotopic (exact) mass is 266 g/mol. The second-order valence-corrected chi connectivity index (χ2v) is 5.03. The molecule has 0 atom stereocenters. The Morgan fingerprint density at radius 1 is 0.700 bits per heavy atom. The maximum absolute atomic E-state index is 6.13. The molecular weight excluding hydrogens is 252 g/mol. The van der Waals surface area contributed by atoms with E-state index in [1.165, 1.54) is 0 Å². The zero-order valence-corrected chi connectivity index (χ0v) is 11.3. The van der Waals surface area contributed by atoms with Gasteiger partial charge in [-0.15, -0.1) is 0 Å². The van der Waals surface area contributed by atoms with Gasteiger partial charge in [-0.05, 0) is 38.1 Å². The van der Waals surface area contributed by atoms with Crippen molar-refractivity contribution in [3.8, 4) is 11.5 Å². The lowest BCUT2D eigenvalue weighted by Gasteiger charge is -2.35. The zero-order chi connectivity index (χ0) is 13.7. The summed E-state index contributed by atoms with van der Waals surface area (Å²) < 4.78 is 18.2. The van der Waals surface area contributed by atoms with Crippen molar-refractivity contribution in [3.05, 3.63) is 71.2 Å². The molecule has 0 aliphatic carbocycles. The second-order valence-electron chi connectivity index (χ2n) is 5.03. The van der Waals surface area contributed by atoms with Gasteiger partial charge in [-0.2, -0.15) is 0 Å². The van der Waals surface area contributed by atoms with Crippen LogP contribution in [0.25, 0.3) is 0 Å². The van der Waals surface area contributed by atoms with Gasteiger partial charge in [-0.1, -0.05) is 24.3 Å². The molecule has 0 saturated heterocycles. The van der Waals surface area contributed by atoms with Crippen LogP contribution < -0.4 is 4.74 Å². The number of allylic oxidation sites excluding steroid dienone is 2. The van der Waals surface area contributed by atoms with Crippen molar-refractivity contribution in [1.29, 1.82) is 0 Å². The van der Waals surface area contributed by atoms with E-state index in [0.717, 1.165) is 34.1 Å². The van der Waals surface area contributed by atoms with Crippen molar-refractivity contribution in [2.24, 2.45) is 0 Å². The van der Waals surface area contributed by atoms with Crippen molar-refractivity contribution in [2.75, 3.05) is 0 Å². The predicted molar refractivity (Wildman–Crippen MR) is 74.3 cm³/mol. The van der Waals surface area contributed by atoms with Gasteiger partial charge in [0, 0.05) is 0 Å². The van der Waals surface area contributed by atoms with E-state index < -0.39 is 5.79 Å². The predicted octanol–water partition coefficient (Wildman–Crippen LogP) is 4.29. The van der Waals surface area contributed by atoms with Crippen LogP contribution in [0.3, 0.4) is 0 Å². The average molecular weight is 266 g/mol. The van der Waals surface area contributed by atoms with Crippen molar-refractivity contribution in [2.45, 2.75) is 19.6 Å². The smallest absolute Gasteiger partial charge is 0.312 e. The second kappa shape index (κ2) is 3.79. The van der Waals surface area contributed by atoms with Gasteiger partial charge in [0.15, 0.2) is 0 Å².